The van der Waals surface area contributed by atoms with Crippen LogP contribution in [0.4, 0.5) is 0 Å². The van der Waals surface area contributed by atoms with E-state index in [9.17, 15) is 9.59 Å². The number of methoxy groups -OCH3 is 1. The minimum Gasteiger partial charge on any atom is -0.497 e. The van der Waals surface area contributed by atoms with Gasteiger partial charge in [0, 0.05) is 10.0 Å². The van der Waals surface area contributed by atoms with Gasteiger partial charge in [0.1, 0.15) is 5.75 Å². The first-order valence-corrected chi connectivity index (χ1v) is 13.3. The van der Waals surface area contributed by atoms with Gasteiger partial charge in [0.2, 0.25) is 0 Å². The maximum Gasteiger partial charge on any atom is 0.338 e. The summed E-state index contributed by atoms with van der Waals surface area (Å²) in [4.78, 5) is 32.7. The number of fused-ring (bicyclic) bond motifs is 1. The number of carbonyl (C=O) groups is 1. The Kier molecular flexibility index (Phi) is 7.21. The van der Waals surface area contributed by atoms with Crippen LogP contribution in [0.2, 0.25) is 0 Å². The third kappa shape index (κ3) is 4.95. The van der Waals surface area contributed by atoms with E-state index in [-0.39, 0.29) is 12.2 Å². The molecule has 2 heterocycles. The van der Waals surface area contributed by atoms with Gasteiger partial charge in [0.15, 0.2) is 4.80 Å². The van der Waals surface area contributed by atoms with Crippen molar-refractivity contribution in [2.75, 3.05) is 13.7 Å². The van der Waals surface area contributed by atoms with E-state index in [0.717, 1.165) is 21.2 Å². The predicted molar refractivity (Wildman–Crippen MR) is 148 cm³/mol. The standard InChI is InChI=1S/C29H23BrN2O4S/c1-3-36-28(34)24-25(19-8-5-4-6-9-19)31-29-32(26(24)20-10-7-11-22(17-20)35-2)27(33)23(37-29)16-18-12-14-21(30)15-13-18/h4-17,26H,3H2,1-2H3/b23-16-/t26-/m1/s1. The summed E-state index contributed by atoms with van der Waals surface area (Å²) in [6.45, 7) is 1.96. The Morgan fingerprint density at radius 2 is 1.84 bits per heavy atom. The van der Waals surface area contributed by atoms with Crippen molar-refractivity contribution in [2.24, 2.45) is 4.99 Å². The van der Waals surface area contributed by atoms with Crippen LogP contribution in [0.3, 0.4) is 0 Å². The molecular formula is C29H23BrN2O4S. The number of halogens is 1. The largest absolute Gasteiger partial charge is 0.497 e. The Hall–Kier alpha value is -3.75. The van der Waals surface area contributed by atoms with Crippen molar-refractivity contribution in [3.8, 4) is 5.75 Å². The van der Waals surface area contributed by atoms with E-state index >= 15 is 0 Å². The molecule has 0 N–H and O–H groups in total. The lowest BCUT2D eigenvalue weighted by Crippen LogP contribution is -2.40. The molecule has 0 radical (unpaired) electrons. The van der Waals surface area contributed by atoms with Crippen LogP contribution in [-0.2, 0) is 9.53 Å². The molecule has 0 aliphatic carbocycles. The van der Waals surface area contributed by atoms with Crippen molar-refractivity contribution in [2.45, 2.75) is 13.0 Å². The molecule has 0 saturated heterocycles. The van der Waals surface area contributed by atoms with E-state index in [4.69, 9.17) is 14.5 Å². The van der Waals surface area contributed by atoms with Gasteiger partial charge < -0.3 is 9.47 Å². The predicted octanol–water partition coefficient (Wildman–Crippen LogP) is 4.71. The van der Waals surface area contributed by atoms with Crippen LogP contribution in [0.5, 0.6) is 5.75 Å². The first-order chi connectivity index (χ1) is 18.0. The van der Waals surface area contributed by atoms with Crippen molar-refractivity contribution < 1.29 is 14.3 Å². The zero-order chi connectivity index (χ0) is 25.9. The number of aromatic nitrogens is 1. The van der Waals surface area contributed by atoms with E-state index in [0.29, 0.717) is 26.4 Å². The van der Waals surface area contributed by atoms with Gasteiger partial charge in [0.05, 0.1) is 35.6 Å². The van der Waals surface area contributed by atoms with Crippen molar-refractivity contribution in [1.82, 2.24) is 4.57 Å². The van der Waals surface area contributed by atoms with Crippen LogP contribution in [0.15, 0.2) is 98.7 Å². The number of ether oxygens (including phenoxy) is 2. The van der Waals surface area contributed by atoms with Gasteiger partial charge in [-0.3, -0.25) is 9.36 Å². The topological polar surface area (TPSA) is 69.9 Å². The quantitative estimate of drug-likeness (QED) is 0.313. The molecule has 1 aliphatic heterocycles. The lowest BCUT2D eigenvalue weighted by molar-refractivity contribution is -0.138. The summed E-state index contributed by atoms with van der Waals surface area (Å²) in [7, 11) is 1.58. The summed E-state index contributed by atoms with van der Waals surface area (Å²) >= 11 is 4.74. The summed E-state index contributed by atoms with van der Waals surface area (Å²) < 4.78 is 14.0. The fraction of sp³-hybridized carbons (Fsp3) is 0.138. The van der Waals surface area contributed by atoms with Crippen LogP contribution < -0.4 is 19.6 Å². The number of hydrogen-bond acceptors (Lipinski definition) is 6. The molecule has 1 aliphatic rings. The van der Waals surface area contributed by atoms with Crippen LogP contribution in [-0.4, -0.2) is 24.3 Å². The Balaban J connectivity index is 1.83. The highest BCUT2D eigenvalue weighted by Gasteiger charge is 2.35. The SMILES string of the molecule is CCOC(=O)C1=C(c2ccccc2)N=c2s/c(=C\c3ccc(Br)cc3)c(=O)n2[C@@H]1c1cccc(OC)c1. The second kappa shape index (κ2) is 10.7. The number of esters is 1. The van der Waals surface area contributed by atoms with Crippen molar-refractivity contribution in [3.63, 3.8) is 0 Å². The van der Waals surface area contributed by atoms with Crippen LogP contribution in [0, 0.1) is 0 Å². The molecular weight excluding hydrogens is 552 g/mol. The van der Waals surface area contributed by atoms with E-state index < -0.39 is 12.0 Å². The zero-order valence-electron chi connectivity index (χ0n) is 20.2. The molecule has 3 aromatic carbocycles. The lowest BCUT2D eigenvalue weighted by Gasteiger charge is -2.26. The van der Waals surface area contributed by atoms with E-state index in [1.165, 1.54) is 11.3 Å². The molecule has 0 amide bonds. The minimum atomic E-state index is -0.743. The summed E-state index contributed by atoms with van der Waals surface area (Å²) in [6, 6.07) is 23.8. The van der Waals surface area contributed by atoms with Gasteiger partial charge in [-0.15, -0.1) is 0 Å². The fourth-order valence-electron chi connectivity index (χ4n) is 4.28. The first kappa shape index (κ1) is 24.9. The lowest BCUT2D eigenvalue weighted by atomic mass is 9.93. The molecule has 1 aromatic heterocycles. The highest BCUT2D eigenvalue weighted by atomic mass is 79.9. The van der Waals surface area contributed by atoms with E-state index in [1.807, 2.05) is 84.9 Å². The Labute approximate surface area is 226 Å². The van der Waals surface area contributed by atoms with Crippen molar-refractivity contribution in [1.29, 1.82) is 0 Å². The van der Waals surface area contributed by atoms with Crippen molar-refractivity contribution >= 4 is 45.0 Å². The second-order valence-corrected chi connectivity index (χ2v) is 10.2. The molecule has 37 heavy (non-hydrogen) atoms. The number of hydrogen-bond donors (Lipinski definition) is 0. The molecule has 0 saturated carbocycles. The molecule has 8 heteroatoms. The monoisotopic (exact) mass is 574 g/mol. The average molecular weight is 575 g/mol. The third-order valence-corrected chi connectivity index (χ3v) is 7.46. The maximum atomic E-state index is 13.9. The molecule has 0 unspecified atom stereocenters. The van der Waals surface area contributed by atoms with Gasteiger partial charge >= 0.3 is 5.97 Å². The molecule has 1 atom stereocenters. The summed E-state index contributed by atoms with van der Waals surface area (Å²) in [5.41, 5.74) is 2.95. The molecule has 0 bridgehead atoms. The molecule has 0 spiro atoms. The fourth-order valence-corrected chi connectivity index (χ4v) is 5.54. The Bertz CT molecular complexity index is 1670. The summed E-state index contributed by atoms with van der Waals surface area (Å²) in [5, 5.41) is 0. The molecule has 186 valence electrons. The van der Waals surface area contributed by atoms with Crippen LogP contribution in [0.25, 0.3) is 11.8 Å². The first-order valence-electron chi connectivity index (χ1n) is 11.7. The van der Waals surface area contributed by atoms with Gasteiger partial charge in [-0.25, -0.2) is 9.79 Å². The van der Waals surface area contributed by atoms with Crippen LogP contribution in [0.1, 0.15) is 29.7 Å². The number of carbonyl (C=O) groups excluding carboxylic acids is 1. The van der Waals surface area contributed by atoms with E-state index in [1.54, 1.807) is 18.6 Å². The number of thiazole rings is 1. The number of benzene rings is 3. The smallest absolute Gasteiger partial charge is 0.338 e. The Morgan fingerprint density at radius 1 is 1.08 bits per heavy atom. The average Bonchev–Trinajstić information content (AvgIpc) is 3.24. The maximum absolute atomic E-state index is 13.9. The van der Waals surface area contributed by atoms with E-state index in [2.05, 4.69) is 15.9 Å². The molecule has 0 fully saturated rings. The molecule has 4 aromatic rings. The number of rotatable bonds is 6. The Morgan fingerprint density at radius 3 is 2.54 bits per heavy atom. The normalized spacial score (nSPS) is 15.2. The number of nitrogens with zero attached hydrogens (tertiary/aromatic N) is 2. The van der Waals surface area contributed by atoms with Gasteiger partial charge in [-0.2, -0.15) is 0 Å². The van der Waals surface area contributed by atoms with Crippen molar-refractivity contribution in [3.05, 3.63) is 125 Å². The zero-order valence-corrected chi connectivity index (χ0v) is 22.6. The summed E-state index contributed by atoms with van der Waals surface area (Å²) in [6.07, 6.45) is 1.84. The summed E-state index contributed by atoms with van der Waals surface area (Å²) in [5.74, 6) is 0.107. The highest BCUT2D eigenvalue weighted by Crippen LogP contribution is 2.36. The van der Waals surface area contributed by atoms with Gasteiger partial charge in [-0.1, -0.05) is 81.9 Å². The van der Waals surface area contributed by atoms with Gasteiger partial charge in [-0.05, 0) is 48.4 Å². The van der Waals surface area contributed by atoms with Crippen LogP contribution >= 0.6 is 27.3 Å². The minimum absolute atomic E-state index is 0.198. The third-order valence-electron chi connectivity index (χ3n) is 5.95. The molecule has 6 nitrogen and oxygen atoms in total. The second-order valence-electron chi connectivity index (χ2n) is 8.26. The molecule has 5 rings (SSSR count). The highest BCUT2D eigenvalue weighted by molar-refractivity contribution is 9.10. The van der Waals surface area contributed by atoms with Gasteiger partial charge in [0.25, 0.3) is 5.56 Å².